The van der Waals surface area contributed by atoms with Crippen LogP contribution in [0.4, 0.5) is 26.3 Å². The molecule has 0 fully saturated rings. The summed E-state index contributed by atoms with van der Waals surface area (Å²) in [5.74, 6) is -5.88. The molecule has 5 rings (SSSR count). The second kappa shape index (κ2) is 15.0. The summed E-state index contributed by atoms with van der Waals surface area (Å²) in [5, 5.41) is 19.7. The highest BCUT2D eigenvalue weighted by Crippen LogP contribution is 2.42. The van der Waals surface area contributed by atoms with Crippen molar-refractivity contribution in [2.24, 2.45) is 0 Å². The summed E-state index contributed by atoms with van der Waals surface area (Å²) >= 11 is 0. The molecule has 2 unspecified atom stereocenters. The minimum absolute atomic E-state index is 0.0300. The fourth-order valence-electron chi connectivity index (χ4n) is 5.99. The highest BCUT2D eigenvalue weighted by molar-refractivity contribution is 5.96. The average molecular weight is 751 g/mol. The molecule has 282 valence electrons. The van der Waals surface area contributed by atoms with Gasteiger partial charge >= 0.3 is 24.3 Å². The number of esters is 2. The second-order valence-electron chi connectivity index (χ2n) is 13.8. The molecule has 0 aliphatic carbocycles. The smallest absolute Gasteiger partial charge is 0.399 e. The molecular formula is C42H36F6O6. The topological polar surface area (TPSA) is 93.1 Å². The molecule has 5 aromatic carbocycles. The van der Waals surface area contributed by atoms with Crippen LogP contribution in [0.25, 0.3) is 0 Å². The fraction of sp³-hybridized carbons (Fsp3) is 0.238. The average Bonchev–Trinajstić information content (AvgIpc) is 3.09. The fourth-order valence-corrected chi connectivity index (χ4v) is 5.99. The second-order valence-corrected chi connectivity index (χ2v) is 13.8. The van der Waals surface area contributed by atoms with Gasteiger partial charge in [-0.1, -0.05) is 78.9 Å². The molecule has 6 nitrogen and oxygen atoms in total. The Morgan fingerprint density at radius 2 is 0.944 bits per heavy atom. The van der Waals surface area contributed by atoms with E-state index in [1.165, 1.54) is 135 Å². The number of phenols is 1. The number of hydrogen-bond donors (Lipinski definition) is 2. The Labute approximate surface area is 307 Å². The van der Waals surface area contributed by atoms with E-state index >= 15 is 0 Å². The minimum Gasteiger partial charge on any atom is -0.508 e. The van der Waals surface area contributed by atoms with Crippen LogP contribution in [0.2, 0.25) is 0 Å². The van der Waals surface area contributed by atoms with Gasteiger partial charge in [-0.3, -0.25) is 0 Å². The first-order chi connectivity index (χ1) is 25.1. The van der Waals surface area contributed by atoms with Crippen molar-refractivity contribution < 1.29 is 55.6 Å². The van der Waals surface area contributed by atoms with E-state index in [0.29, 0.717) is 11.1 Å². The summed E-state index contributed by atoms with van der Waals surface area (Å²) in [6, 6.07) is 25.9. The number of phenolic OH excluding ortho intramolecular Hbond substituents is 1. The lowest BCUT2D eigenvalue weighted by Gasteiger charge is -2.27. The number of hydrogen-bond acceptors (Lipinski definition) is 6. The maximum absolute atomic E-state index is 14.2. The molecule has 2 atom stereocenters. The normalized spacial score (nSPS) is 13.5. The monoisotopic (exact) mass is 750 g/mol. The molecule has 0 heterocycles. The highest BCUT2D eigenvalue weighted by Gasteiger charge is 2.43. The third-order valence-corrected chi connectivity index (χ3v) is 8.88. The first kappa shape index (κ1) is 39.6. The number of carbonyl (C=O) groups excluding carboxylic acids is 2. The lowest BCUT2D eigenvalue weighted by Crippen LogP contribution is -2.26. The predicted octanol–water partition coefficient (Wildman–Crippen LogP) is 10.3. The molecule has 0 aliphatic heterocycles. The summed E-state index contributed by atoms with van der Waals surface area (Å²) in [6.45, 7) is 6.16. The minimum atomic E-state index is -4.65. The van der Waals surface area contributed by atoms with E-state index in [-0.39, 0.29) is 44.9 Å². The van der Waals surface area contributed by atoms with Crippen LogP contribution in [0.15, 0.2) is 121 Å². The maximum atomic E-state index is 14.2. The molecular weight excluding hydrogens is 714 g/mol. The SMILES string of the molecule is CC(C)(O)c1ccc(C(c2ccc(OC(=O)c3cccc(C(=O)OC(C)(C)c4ccc(C(c5ccc(O)cc5)C(F)(F)F)cc4)c3)cc2)C(F)(F)F)cc1. The predicted molar refractivity (Wildman–Crippen MR) is 188 cm³/mol. The lowest BCUT2D eigenvalue weighted by molar-refractivity contribution is -0.142. The van der Waals surface area contributed by atoms with Crippen molar-refractivity contribution in [2.75, 3.05) is 0 Å². The number of halogens is 6. The summed E-state index contributed by atoms with van der Waals surface area (Å²) in [6.07, 6.45) is -9.27. The van der Waals surface area contributed by atoms with Crippen molar-refractivity contribution in [3.63, 3.8) is 0 Å². The van der Waals surface area contributed by atoms with Gasteiger partial charge in [0.05, 0.1) is 16.7 Å². The first-order valence-electron chi connectivity index (χ1n) is 16.6. The van der Waals surface area contributed by atoms with E-state index in [1.807, 2.05) is 0 Å². The van der Waals surface area contributed by atoms with E-state index in [0.717, 1.165) is 0 Å². The molecule has 2 N–H and O–H groups in total. The van der Waals surface area contributed by atoms with Gasteiger partial charge in [-0.05, 0) is 104 Å². The van der Waals surface area contributed by atoms with E-state index in [1.54, 1.807) is 13.8 Å². The van der Waals surface area contributed by atoms with Crippen LogP contribution >= 0.6 is 0 Å². The van der Waals surface area contributed by atoms with E-state index < -0.39 is 47.3 Å². The van der Waals surface area contributed by atoms with Crippen molar-refractivity contribution >= 4 is 11.9 Å². The molecule has 5 aromatic rings. The van der Waals surface area contributed by atoms with Crippen molar-refractivity contribution in [1.29, 1.82) is 0 Å². The Morgan fingerprint density at radius 1 is 0.556 bits per heavy atom. The third kappa shape index (κ3) is 9.29. The molecule has 0 saturated carbocycles. The first-order valence-corrected chi connectivity index (χ1v) is 16.6. The van der Waals surface area contributed by atoms with Gasteiger partial charge in [0.15, 0.2) is 0 Å². The van der Waals surface area contributed by atoms with E-state index in [4.69, 9.17) is 9.47 Å². The zero-order valence-corrected chi connectivity index (χ0v) is 29.5. The van der Waals surface area contributed by atoms with Crippen LogP contribution in [-0.4, -0.2) is 34.5 Å². The van der Waals surface area contributed by atoms with Crippen molar-refractivity contribution in [1.82, 2.24) is 0 Å². The Morgan fingerprint density at radius 3 is 1.37 bits per heavy atom. The van der Waals surface area contributed by atoms with Gasteiger partial charge in [-0.15, -0.1) is 0 Å². The molecule has 0 spiro atoms. The van der Waals surface area contributed by atoms with Crippen LogP contribution in [0.1, 0.15) is 93.6 Å². The summed E-state index contributed by atoms with van der Waals surface area (Å²) in [5.41, 5.74) is -2.03. The molecule has 12 heteroatoms. The van der Waals surface area contributed by atoms with E-state index in [9.17, 15) is 46.1 Å². The van der Waals surface area contributed by atoms with E-state index in [2.05, 4.69) is 0 Å². The Balaban J connectivity index is 1.27. The van der Waals surface area contributed by atoms with Crippen LogP contribution in [0.5, 0.6) is 11.5 Å². The van der Waals surface area contributed by atoms with Gasteiger partial charge in [0, 0.05) is 0 Å². The molecule has 0 aromatic heterocycles. The largest absolute Gasteiger partial charge is 0.508 e. The van der Waals surface area contributed by atoms with Gasteiger partial charge in [0.1, 0.15) is 28.9 Å². The van der Waals surface area contributed by atoms with Crippen LogP contribution in [-0.2, 0) is 15.9 Å². The molecule has 0 radical (unpaired) electrons. The third-order valence-electron chi connectivity index (χ3n) is 8.88. The Kier molecular flexibility index (Phi) is 11.0. The number of alkyl halides is 6. The maximum Gasteiger partial charge on any atom is 0.399 e. The number of carbonyl (C=O) groups is 2. The Bertz CT molecular complexity index is 2080. The van der Waals surface area contributed by atoms with Gasteiger partial charge in [0.2, 0.25) is 0 Å². The summed E-state index contributed by atoms with van der Waals surface area (Å²) in [7, 11) is 0. The zero-order valence-electron chi connectivity index (χ0n) is 29.5. The van der Waals surface area contributed by atoms with Crippen LogP contribution in [0.3, 0.4) is 0 Å². The van der Waals surface area contributed by atoms with Crippen LogP contribution in [0, 0.1) is 0 Å². The number of aromatic hydroxyl groups is 1. The summed E-state index contributed by atoms with van der Waals surface area (Å²) < 4.78 is 95.9. The highest BCUT2D eigenvalue weighted by atomic mass is 19.4. The number of ether oxygens (including phenoxy) is 2. The van der Waals surface area contributed by atoms with Gasteiger partial charge in [-0.2, -0.15) is 26.3 Å². The van der Waals surface area contributed by atoms with Crippen molar-refractivity contribution in [2.45, 2.75) is 63.1 Å². The molecule has 0 aliphatic rings. The van der Waals surface area contributed by atoms with Crippen molar-refractivity contribution in [3.8, 4) is 11.5 Å². The van der Waals surface area contributed by atoms with Gasteiger partial charge in [-0.25, -0.2) is 9.59 Å². The molecule has 0 amide bonds. The standard InChI is InChI=1S/C42H36F6O6/c1-39(2,52)31-16-8-25(9-17-31)36(42(46,47)48)28-14-22-34(23-15-28)53-37(50)29-6-5-7-30(24-29)38(51)54-40(3,4)32-18-10-26(11-19-32)35(41(43,44)45)27-12-20-33(49)21-13-27/h5-24,35-36,49,52H,1-4H3. The quantitative estimate of drug-likeness (QED) is 0.0839. The summed E-state index contributed by atoms with van der Waals surface area (Å²) in [4.78, 5) is 26.2. The molecule has 0 bridgehead atoms. The Hall–Kier alpha value is -5.62. The van der Waals surface area contributed by atoms with Crippen LogP contribution < -0.4 is 4.74 Å². The molecule has 0 saturated heterocycles. The number of aliphatic hydroxyl groups is 1. The molecule has 54 heavy (non-hydrogen) atoms. The van der Waals surface area contributed by atoms with Crippen molar-refractivity contribution in [3.05, 3.63) is 166 Å². The zero-order chi connectivity index (χ0) is 39.6. The number of rotatable bonds is 10. The van der Waals surface area contributed by atoms with Gasteiger partial charge < -0.3 is 19.7 Å². The van der Waals surface area contributed by atoms with Gasteiger partial charge in [0.25, 0.3) is 0 Å². The lowest BCUT2D eigenvalue weighted by atomic mass is 9.88. The number of benzene rings is 5.